The lowest BCUT2D eigenvalue weighted by Gasteiger charge is -2.19. The average Bonchev–Trinajstić information content (AvgIpc) is 2.50. The topological polar surface area (TPSA) is 30.5 Å². The summed E-state index contributed by atoms with van der Waals surface area (Å²) < 4.78 is 11.1. The van der Waals surface area contributed by atoms with Crippen molar-refractivity contribution in [3.8, 4) is 11.5 Å². The molecule has 3 nitrogen and oxygen atoms in total. The van der Waals surface area contributed by atoms with Gasteiger partial charge in [0.25, 0.3) is 0 Å². The number of benzene rings is 1. The zero-order valence-corrected chi connectivity index (χ0v) is 13.1. The molecule has 0 amide bonds. The summed E-state index contributed by atoms with van der Waals surface area (Å²) in [6.45, 7) is 3.30. The van der Waals surface area contributed by atoms with Crippen LogP contribution in [0.4, 0.5) is 0 Å². The molecule has 20 heavy (non-hydrogen) atoms. The van der Waals surface area contributed by atoms with E-state index in [1.807, 2.05) is 17.8 Å². The highest BCUT2D eigenvalue weighted by Crippen LogP contribution is 2.30. The van der Waals surface area contributed by atoms with Gasteiger partial charge in [-0.3, -0.25) is 0 Å². The molecular weight excluding hydrogens is 270 g/mol. The van der Waals surface area contributed by atoms with E-state index in [4.69, 9.17) is 9.47 Å². The molecule has 1 aliphatic rings. The molecule has 0 fully saturated rings. The standard InChI is InChI=1S/C16H25NO2S/c1-20-11-5-3-2-4-8-17-13-14-6-7-15-16(12-14)19-10-9-18-15/h6-7,12,17H,2-5,8-11,13H2,1H3. The van der Waals surface area contributed by atoms with Crippen LogP contribution in [0.2, 0.25) is 0 Å². The molecule has 1 aromatic rings. The van der Waals surface area contributed by atoms with Crippen LogP contribution in [0, 0.1) is 0 Å². The van der Waals surface area contributed by atoms with Crippen molar-refractivity contribution in [3.05, 3.63) is 23.8 Å². The first kappa shape index (κ1) is 15.5. The molecule has 1 aliphatic heterocycles. The minimum absolute atomic E-state index is 0.653. The Morgan fingerprint density at radius 1 is 1.05 bits per heavy atom. The average molecular weight is 295 g/mol. The molecule has 0 spiro atoms. The van der Waals surface area contributed by atoms with Crippen LogP contribution in [0.15, 0.2) is 18.2 Å². The Kier molecular flexibility index (Phi) is 7.09. The number of fused-ring (bicyclic) bond motifs is 1. The van der Waals surface area contributed by atoms with Crippen LogP contribution in [-0.4, -0.2) is 31.8 Å². The first-order chi connectivity index (χ1) is 9.90. The summed E-state index contributed by atoms with van der Waals surface area (Å²) in [5, 5.41) is 3.50. The van der Waals surface area contributed by atoms with Crippen molar-refractivity contribution < 1.29 is 9.47 Å². The molecule has 0 saturated heterocycles. The molecule has 0 saturated carbocycles. The van der Waals surface area contributed by atoms with Crippen molar-refractivity contribution in [2.24, 2.45) is 0 Å². The summed E-state index contributed by atoms with van der Waals surface area (Å²) in [5.74, 6) is 3.05. The molecule has 0 atom stereocenters. The molecular formula is C16H25NO2S. The van der Waals surface area contributed by atoms with Crippen LogP contribution in [0.3, 0.4) is 0 Å². The Morgan fingerprint density at radius 3 is 2.70 bits per heavy atom. The Labute approximate surface area is 126 Å². The molecule has 1 aromatic carbocycles. The third kappa shape index (κ3) is 5.25. The van der Waals surface area contributed by atoms with E-state index < -0.39 is 0 Å². The second-order valence-electron chi connectivity index (χ2n) is 5.06. The van der Waals surface area contributed by atoms with Gasteiger partial charge in [0.1, 0.15) is 13.2 Å². The molecule has 0 bridgehead atoms. The van der Waals surface area contributed by atoms with Gasteiger partial charge in [-0.2, -0.15) is 11.8 Å². The lowest BCUT2D eigenvalue weighted by Crippen LogP contribution is -2.17. The summed E-state index contributed by atoms with van der Waals surface area (Å²) in [6.07, 6.45) is 7.47. The summed E-state index contributed by atoms with van der Waals surface area (Å²) >= 11 is 1.94. The van der Waals surface area contributed by atoms with Gasteiger partial charge in [-0.05, 0) is 49.1 Å². The van der Waals surface area contributed by atoms with Gasteiger partial charge in [0.2, 0.25) is 0 Å². The maximum Gasteiger partial charge on any atom is 0.161 e. The fourth-order valence-electron chi connectivity index (χ4n) is 2.28. The Hall–Kier alpha value is -0.870. The van der Waals surface area contributed by atoms with Crippen LogP contribution in [0.5, 0.6) is 11.5 Å². The van der Waals surface area contributed by atoms with E-state index in [9.17, 15) is 0 Å². The van der Waals surface area contributed by atoms with Gasteiger partial charge in [0.05, 0.1) is 0 Å². The van der Waals surface area contributed by atoms with E-state index in [2.05, 4.69) is 23.7 Å². The van der Waals surface area contributed by atoms with Gasteiger partial charge in [-0.25, -0.2) is 0 Å². The molecule has 0 radical (unpaired) electrons. The lowest BCUT2D eigenvalue weighted by atomic mass is 10.2. The summed E-state index contributed by atoms with van der Waals surface area (Å²) in [6, 6.07) is 6.20. The largest absolute Gasteiger partial charge is 0.486 e. The second-order valence-corrected chi connectivity index (χ2v) is 6.05. The summed E-state index contributed by atoms with van der Waals surface area (Å²) in [5.41, 5.74) is 1.26. The molecule has 2 rings (SSSR count). The van der Waals surface area contributed by atoms with Crippen LogP contribution >= 0.6 is 11.8 Å². The second kappa shape index (κ2) is 9.14. The van der Waals surface area contributed by atoms with Crippen molar-refractivity contribution in [1.82, 2.24) is 5.32 Å². The highest BCUT2D eigenvalue weighted by Gasteiger charge is 2.11. The van der Waals surface area contributed by atoms with Gasteiger partial charge < -0.3 is 14.8 Å². The number of hydrogen-bond acceptors (Lipinski definition) is 4. The summed E-state index contributed by atoms with van der Waals surface area (Å²) in [4.78, 5) is 0. The van der Waals surface area contributed by atoms with Gasteiger partial charge >= 0.3 is 0 Å². The van der Waals surface area contributed by atoms with Crippen LogP contribution in [-0.2, 0) is 6.54 Å². The fraction of sp³-hybridized carbons (Fsp3) is 0.625. The number of hydrogen-bond donors (Lipinski definition) is 1. The highest BCUT2D eigenvalue weighted by atomic mass is 32.2. The minimum Gasteiger partial charge on any atom is -0.486 e. The number of thioether (sulfide) groups is 1. The third-order valence-corrected chi connectivity index (χ3v) is 4.08. The zero-order valence-electron chi connectivity index (χ0n) is 12.3. The smallest absolute Gasteiger partial charge is 0.161 e. The SMILES string of the molecule is CSCCCCCCNCc1ccc2c(c1)OCCO2. The predicted octanol–water partition coefficient (Wildman–Crippen LogP) is 3.47. The number of ether oxygens (including phenoxy) is 2. The van der Waals surface area contributed by atoms with Gasteiger partial charge in [0, 0.05) is 6.54 Å². The van der Waals surface area contributed by atoms with Crippen molar-refractivity contribution in [2.45, 2.75) is 32.2 Å². The maximum atomic E-state index is 5.59. The monoisotopic (exact) mass is 295 g/mol. The van der Waals surface area contributed by atoms with E-state index in [0.717, 1.165) is 24.6 Å². The quantitative estimate of drug-likeness (QED) is 0.707. The van der Waals surface area contributed by atoms with Crippen LogP contribution in [0.1, 0.15) is 31.2 Å². The fourth-order valence-corrected chi connectivity index (χ4v) is 2.77. The Morgan fingerprint density at radius 2 is 1.85 bits per heavy atom. The van der Waals surface area contributed by atoms with E-state index >= 15 is 0 Å². The highest BCUT2D eigenvalue weighted by molar-refractivity contribution is 7.98. The van der Waals surface area contributed by atoms with Crippen LogP contribution < -0.4 is 14.8 Å². The third-order valence-electron chi connectivity index (χ3n) is 3.39. The lowest BCUT2D eigenvalue weighted by molar-refractivity contribution is 0.171. The van der Waals surface area contributed by atoms with Crippen LogP contribution in [0.25, 0.3) is 0 Å². The first-order valence-corrected chi connectivity index (χ1v) is 8.88. The Balaban J connectivity index is 1.60. The van der Waals surface area contributed by atoms with Crippen molar-refractivity contribution in [1.29, 1.82) is 0 Å². The maximum absolute atomic E-state index is 5.59. The normalized spacial score (nSPS) is 13.4. The molecule has 0 unspecified atom stereocenters. The van der Waals surface area contributed by atoms with E-state index in [1.165, 1.54) is 37.0 Å². The van der Waals surface area contributed by atoms with Gasteiger partial charge in [-0.15, -0.1) is 0 Å². The summed E-state index contributed by atoms with van der Waals surface area (Å²) in [7, 11) is 0. The van der Waals surface area contributed by atoms with E-state index in [0.29, 0.717) is 13.2 Å². The van der Waals surface area contributed by atoms with Gasteiger partial charge in [-0.1, -0.05) is 18.9 Å². The zero-order chi connectivity index (χ0) is 14.0. The molecule has 0 aliphatic carbocycles. The van der Waals surface area contributed by atoms with E-state index in [1.54, 1.807) is 0 Å². The molecule has 1 N–H and O–H groups in total. The molecule has 0 aromatic heterocycles. The predicted molar refractivity (Wildman–Crippen MR) is 86.0 cm³/mol. The Bertz CT molecular complexity index is 398. The minimum atomic E-state index is 0.653. The molecule has 112 valence electrons. The van der Waals surface area contributed by atoms with E-state index in [-0.39, 0.29) is 0 Å². The van der Waals surface area contributed by atoms with Crippen molar-refractivity contribution in [2.75, 3.05) is 31.8 Å². The van der Waals surface area contributed by atoms with Gasteiger partial charge in [0.15, 0.2) is 11.5 Å². The number of nitrogens with one attached hydrogen (secondary N) is 1. The molecule has 1 heterocycles. The van der Waals surface area contributed by atoms with Crippen molar-refractivity contribution in [3.63, 3.8) is 0 Å². The molecule has 4 heteroatoms. The first-order valence-electron chi connectivity index (χ1n) is 7.48. The number of unbranched alkanes of at least 4 members (excludes halogenated alkanes) is 3. The number of rotatable bonds is 9. The van der Waals surface area contributed by atoms with Crippen molar-refractivity contribution >= 4 is 11.8 Å².